The predicted octanol–water partition coefficient (Wildman–Crippen LogP) is -0.813. The van der Waals surface area contributed by atoms with Crippen LogP contribution >= 0.6 is 0 Å². The zero-order valence-corrected chi connectivity index (χ0v) is 7.35. The highest BCUT2D eigenvalue weighted by atomic mass is 16.2. The molecule has 4 heteroatoms. The Morgan fingerprint density at radius 3 is 2.36 bits per heavy atom. The lowest BCUT2D eigenvalue weighted by Crippen LogP contribution is -2.48. The molecule has 1 amide bonds. The monoisotopic (exact) mass is 159 g/mol. The van der Waals surface area contributed by atoms with E-state index in [-0.39, 0.29) is 11.4 Å². The molecule has 11 heavy (non-hydrogen) atoms. The van der Waals surface area contributed by atoms with Gasteiger partial charge in [0.2, 0.25) is 5.91 Å². The molecule has 0 fully saturated rings. The van der Waals surface area contributed by atoms with Gasteiger partial charge in [-0.2, -0.15) is 0 Å². The van der Waals surface area contributed by atoms with Gasteiger partial charge in [-0.05, 0) is 20.8 Å². The minimum Gasteiger partial charge on any atom is -0.353 e. The van der Waals surface area contributed by atoms with Gasteiger partial charge < -0.3 is 16.8 Å². The largest absolute Gasteiger partial charge is 0.353 e. The van der Waals surface area contributed by atoms with Crippen molar-refractivity contribution in [3.63, 3.8) is 0 Å². The van der Waals surface area contributed by atoms with E-state index in [2.05, 4.69) is 5.32 Å². The molecule has 0 unspecified atom stereocenters. The van der Waals surface area contributed by atoms with Crippen molar-refractivity contribution in [1.29, 1.82) is 0 Å². The smallest absolute Gasteiger partial charge is 0.236 e. The van der Waals surface area contributed by atoms with Crippen LogP contribution in [0, 0.1) is 0 Å². The lowest BCUT2D eigenvalue weighted by Gasteiger charge is -2.19. The first kappa shape index (κ1) is 10.4. The number of nitrogens with two attached hydrogens (primary N) is 2. The summed E-state index contributed by atoms with van der Waals surface area (Å²) >= 11 is 0. The van der Waals surface area contributed by atoms with Crippen LogP contribution in [-0.4, -0.2) is 24.0 Å². The SMILES string of the molecule is C[C@H](N)C(=O)NCC(C)(C)N. The summed E-state index contributed by atoms with van der Waals surface area (Å²) in [5.74, 6) is -0.163. The molecule has 0 aliphatic heterocycles. The second kappa shape index (κ2) is 3.69. The summed E-state index contributed by atoms with van der Waals surface area (Å²) in [7, 11) is 0. The molecule has 4 nitrogen and oxygen atoms in total. The molecule has 66 valence electrons. The van der Waals surface area contributed by atoms with Crippen LogP contribution in [0.4, 0.5) is 0 Å². The third-order valence-electron chi connectivity index (χ3n) is 1.13. The maximum atomic E-state index is 10.9. The standard InChI is InChI=1S/C7H17N3O/c1-5(8)6(11)10-4-7(2,3)9/h5H,4,8-9H2,1-3H3,(H,10,11)/t5-/m0/s1. The summed E-state index contributed by atoms with van der Waals surface area (Å²) in [6.07, 6.45) is 0. The maximum Gasteiger partial charge on any atom is 0.236 e. The number of hydrogen-bond acceptors (Lipinski definition) is 3. The normalized spacial score (nSPS) is 14.3. The van der Waals surface area contributed by atoms with E-state index in [9.17, 15) is 4.79 Å². The summed E-state index contributed by atoms with van der Waals surface area (Å²) in [6, 6.07) is -0.461. The first-order valence-corrected chi connectivity index (χ1v) is 3.65. The van der Waals surface area contributed by atoms with Gasteiger partial charge in [0.05, 0.1) is 6.04 Å². The quantitative estimate of drug-likeness (QED) is 0.503. The zero-order valence-electron chi connectivity index (χ0n) is 7.35. The number of nitrogens with one attached hydrogen (secondary N) is 1. The summed E-state index contributed by atoms with van der Waals surface area (Å²) in [5.41, 5.74) is 10.6. The molecular formula is C7H17N3O. The molecule has 0 spiro atoms. The summed E-state index contributed by atoms with van der Waals surface area (Å²) < 4.78 is 0. The summed E-state index contributed by atoms with van der Waals surface area (Å²) in [5, 5.41) is 2.63. The first-order valence-electron chi connectivity index (χ1n) is 3.65. The molecule has 0 saturated carbocycles. The summed E-state index contributed by atoms with van der Waals surface area (Å²) in [4.78, 5) is 10.9. The van der Waals surface area contributed by atoms with Crippen LogP contribution < -0.4 is 16.8 Å². The highest BCUT2D eigenvalue weighted by Gasteiger charge is 2.13. The van der Waals surface area contributed by atoms with E-state index in [1.807, 2.05) is 13.8 Å². The lowest BCUT2D eigenvalue weighted by atomic mass is 10.1. The fraction of sp³-hybridized carbons (Fsp3) is 0.857. The van der Waals surface area contributed by atoms with Crippen molar-refractivity contribution in [3.8, 4) is 0 Å². The third kappa shape index (κ3) is 5.82. The van der Waals surface area contributed by atoms with Gasteiger partial charge in [0, 0.05) is 12.1 Å². The molecule has 0 aromatic rings. The highest BCUT2D eigenvalue weighted by molar-refractivity contribution is 5.80. The van der Waals surface area contributed by atoms with Crippen LogP contribution in [0.1, 0.15) is 20.8 Å². The van der Waals surface area contributed by atoms with Crippen LogP contribution in [-0.2, 0) is 4.79 Å². The average molecular weight is 159 g/mol. The Bertz CT molecular complexity index is 137. The van der Waals surface area contributed by atoms with Crippen LogP contribution in [0.25, 0.3) is 0 Å². The van der Waals surface area contributed by atoms with E-state index in [1.165, 1.54) is 0 Å². The van der Waals surface area contributed by atoms with Gasteiger partial charge in [0.1, 0.15) is 0 Å². The maximum absolute atomic E-state index is 10.9. The molecule has 0 aliphatic rings. The van der Waals surface area contributed by atoms with Gasteiger partial charge >= 0.3 is 0 Å². The molecule has 0 aliphatic carbocycles. The van der Waals surface area contributed by atoms with E-state index in [4.69, 9.17) is 11.5 Å². The van der Waals surface area contributed by atoms with Crippen molar-refractivity contribution < 1.29 is 4.79 Å². The number of carbonyl (C=O) groups is 1. The molecule has 1 atom stereocenters. The van der Waals surface area contributed by atoms with Crippen molar-refractivity contribution in [1.82, 2.24) is 5.32 Å². The first-order chi connectivity index (χ1) is 4.83. The zero-order chi connectivity index (χ0) is 9.07. The molecular weight excluding hydrogens is 142 g/mol. The van der Waals surface area contributed by atoms with E-state index in [0.717, 1.165) is 0 Å². The summed E-state index contributed by atoms with van der Waals surface area (Å²) in [6.45, 7) is 5.77. The van der Waals surface area contributed by atoms with Crippen LogP contribution in [0.3, 0.4) is 0 Å². The minimum atomic E-state index is -0.461. The Morgan fingerprint density at radius 1 is 1.64 bits per heavy atom. The van der Waals surface area contributed by atoms with Crippen LogP contribution in [0.5, 0.6) is 0 Å². The number of rotatable bonds is 3. The Morgan fingerprint density at radius 2 is 2.09 bits per heavy atom. The number of hydrogen-bond donors (Lipinski definition) is 3. The van der Waals surface area contributed by atoms with Crippen molar-refractivity contribution >= 4 is 5.91 Å². The molecule has 5 N–H and O–H groups in total. The van der Waals surface area contributed by atoms with Gasteiger partial charge in [-0.1, -0.05) is 0 Å². The number of carbonyl (C=O) groups excluding carboxylic acids is 1. The average Bonchev–Trinajstić information content (AvgIpc) is 1.80. The van der Waals surface area contributed by atoms with Gasteiger partial charge in [-0.15, -0.1) is 0 Å². The molecule has 0 aromatic carbocycles. The molecule has 0 heterocycles. The van der Waals surface area contributed by atoms with E-state index >= 15 is 0 Å². The molecule has 0 saturated heterocycles. The Balaban J connectivity index is 3.64. The van der Waals surface area contributed by atoms with Gasteiger partial charge in [-0.3, -0.25) is 4.79 Å². The van der Waals surface area contributed by atoms with Crippen molar-refractivity contribution in [2.45, 2.75) is 32.4 Å². The van der Waals surface area contributed by atoms with Gasteiger partial charge in [0.15, 0.2) is 0 Å². The second-order valence-electron chi connectivity index (χ2n) is 3.50. The van der Waals surface area contributed by atoms with Crippen molar-refractivity contribution in [2.24, 2.45) is 11.5 Å². The van der Waals surface area contributed by atoms with Gasteiger partial charge in [0.25, 0.3) is 0 Å². The van der Waals surface area contributed by atoms with Crippen LogP contribution in [0.2, 0.25) is 0 Å². The van der Waals surface area contributed by atoms with E-state index in [0.29, 0.717) is 6.54 Å². The Labute approximate surface area is 67.3 Å². The molecule has 0 bridgehead atoms. The molecule has 0 radical (unpaired) electrons. The topological polar surface area (TPSA) is 81.1 Å². The minimum absolute atomic E-state index is 0.163. The van der Waals surface area contributed by atoms with Gasteiger partial charge in [-0.25, -0.2) is 0 Å². The van der Waals surface area contributed by atoms with E-state index < -0.39 is 6.04 Å². The predicted molar refractivity (Wildman–Crippen MR) is 44.9 cm³/mol. The lowest BCUT2D eigenvalue weighted by molar-refractivity contribution is -0.122. The van der Waals surface area contributed by atoms with Crippen molar-refractivity contribution in [2.75, 3.05) is 6.54 Å². The fourth-order valence-electron chi connectivity index (χ4n) is 0.476. The number of amides is 1. The Hall–Kier alpha value is -0.610. The van der Waals surface area contributed by atoms with Crippen LogP contribution in [0.15, 0.2) is 0 Å². The highest BCUT2D eigenvalue weighted by Crippen LogP contribution is 1.92. The Kier molecular flexibility index (Phi) is 3.48. The molecule has 0 rings (SSSR count). The van der Waals surface area contributed by atoms with E-state index in [1.54, 1.807) is 6.92 Å². The fourth-order valence-corrected chi connectivity index (χ4v) is 0.476. The third-order valence-corrected chi connectivity index (χ3v) is 1.13. The molecule has 0 aromatic heterocycles. The second-order valence-corrected chi connectivity index (χ2v) is 3.50. The van der Waals surface area contributed by atoms with Crippen molar-refractivity contribution in [3.05, 3.63) is 0 Å².